The summed E-state index contributed by atoms with van der Waals surface area (Å²) in [7, 11) is -2.68. The van der Waals surface area contributed by atoms with Gasteiger partial charge in [-0.15, -0.1) is 0 Å². The first kappa shape index (κ1) is 25.8. The molecule has 3 aromatic rings. The highest BCUT2D eigenvalue weighted by Crippen LogP contribution is 2.29. The Labute approximate surface area is 205 Å². The number of nitrogens with zero attached hydrogens (tertiary/aromatic N) is 2. The van der Waals surface area contributed by atoms with E-state index in [9.17, 15) is 18.4 Å². The van der Waals surface area contributed by atoms with Crippen LogP contribution in [-0.2, 0) is 19.6 Å². The maximum absolute atomic E-state index is 13.7. The third kappa shape index (κ3) is 6.60. The fraction of sp³-hybridized carbons (Fsp3) is 0.231. The number of carbonyl (C=O) groups is 1. The standard InChI is InChI=1S/C26H28N2O6S/c1-26(2,3)34-25(29)19-28(35(31,32)23-16-14-22(33-4)15-17-23)24-11-6-5-9-20(24)12-13-21-10-7-8-18-27(21)30/h5-18H,19H2,1-4H3/b13-12-. The van der Waals surface area contributed by atoms with Crippen LogP contribution in [0.15, 0.2) is 77.8 Å². The Morgan fingerprint density at radius 1 is 1.00 bits per heavy atom. The van der Waals surface area contributed by atoms with Crippen molar-refractivity contribution in [1.29, 1.82) is 0 Å². The number of benzene rings is 2. The number of anilines is 1. The number of hydrogen-bond donors (Lipinski definition) is 0. The summed E-state index contributed by atoms with van der Waals surface area (Å²) in [5.41, 5.74) is 0.344. The van der Waals surface area contributed by atoms with Gasteiger partial charge in [0.1, 0.15) is 17.9 Å². The highest BCUT2D eigenvalue weighted by molar-refractivity contribution is 7.92. The van der Waals surface area contributed by atoms with Crippen molar-refractivity contribution in [1.82, 2.24) is 0 Å². The van der Waals surface area contributed by atoms with E-state index in [1.807, 2.05) is 0 Å². The maximum Gasteiger partial charge on any atom is 0.327 e. The number of aromatic nitrogens is 1. The minimum atomic E-state index is -4.17. The molecule has 0 N–H and O–H groups in total. The van der Waals surface area contributed by atoms with Crippen LogP contribution in [0, 0.1) is 5.21 Å². The number of rotatable bonds is 8. The molecule has 0 unspecified atom stereocenters. The molecule has 0 amide bonds. The van der Waals surface area contributed by atoms with Gasteiger partial charge in [0.25, 0.3) is 10.0 Å². The summed E-state index contributed by atoms with van der Waals surface area (Å²) >= 11 is 0. The van der Waals surface area contributed by atoms with Gasteiger partial charge < -0.3 is 14.7 Å². The van der Waals surface area contributed by atoms with Crippen LogP contribution in [0.1, 0.15) is 32.0 Å². The summed E-state index contributed by atoms with van der Waals surface area (Å²) in [6.07, 6.45) is 4.58. The van der Waals surface area contributed by atoms with Crippen molar-refractivity contribution in [2.75, 3.05) is 18.0 Å². The molecule has 1 heterocycles. The molecule has 3 rings (SSSR count). The van der Waals surface area contributed by atoms with E-state index in [0.29, 0.717) is 21.7 Å². The van der Waals surface area contributed by atoms with E-state index in [0.717, 1.165) is 4.31 Å². The van der Waals surface area contributed by atoms with Gasteiger partial charge in [-0.25, -0.2) is 8.42 Å². The van der Waals surface area contributed by atoms with E-state index >= 15 is 0 Å². The molecular formula is C26H28N2O6S. The second-order valence-corrected chi connectivity index (χ2v) is 10.5. The summed E-state index contributed by atoms with van der Waals surface area (Å²) in [6, 6.07) is 17.6. The van der Waals surface area contributed by atoms with Crippen LogP contribution < -0.4 is 13.8 Å². The number of para-hydroxylation sites is 1. The van der Waals surface area contributed by atoms with E-state index in [1.54, 1.807) is 75.4 Å². The number of methoxy groups -OCH3 is 1. The average Bonchev–Trinajstić information content (AvgIpc) is 2.81. The minimum absolute atomic E-state index is 0.0129. The van der Waals surface area contributed by atoms with Crippen LogP contribution in [0.3, 0.4) is 0 Å². The molecule has 1 aromatic heterocycles. The quantitative estimate of drug-likeness (QED) is 0.265. The van der Waals surface area contributed by atoms with Gasteiger partial charge in [0.15, 0.2) is 6.20 Å². The van der Waals surface area contributed by atoms with Crippen molar-refractivity contribution in [2.45, 2.75) is 31.3 Å². The van der Waals surface area contributed by atoms with Crippen LogP contribution in [-0.4, -0.2) is 33.6 Å². The van der Waals surface area contributed by atoms with Crippen molar-refractivity contribution >= 4 is 33.8 Å². The van der Waals surface area contributed by atoms with Gasteiger partial charge in [-0.05, 0) is 68.8 Å². The van der Waals surface area contributed by atoms with Crippen LogP contribution in [0.4, 0.5) is 5.69 Å². The first-order valence-corrected chi connectivity index (χ1v) is 12.3. The molecule has 0 aliphatic rings. The molecular weight excluding hydrogens is 468 g/mol. The largest absolute Gasteiger partial charge is 0.618 e. The molecule has 0 atom stereocenters. The predicted molar refractivity (Wildman–Crippen MR) is 134 cm³/mol. The monoisotopic (exact) mass is 496 g/mol. The van der Waals surface area contributed by atoms with Crippen molar-refractivity contribution in [3.63, 3.8) is 0 Å². The zero-order valence-electron chi connectivity index (χ0n) is 20.0. The lowest BCUT2D eigenvalue weighted by atomic mass is 10.1. The smallest absolute Gasteiger partial charge is 0.327 e. The second kappa shape index (κ2) is 10.6. The van der Waals surface area contributed by atoms with Crippen molar-refractivity contribution in [3.8, 4) is 5.75 Å². The Hall–Kier alpha value is -3.85. The highest BCUT2D eigenvalue weighted by atomic mass is 32.2. The Morgan fingerprint density at radius 2 is 1.66 bits per heavy atom. The lowest BCUT2D eigenvalue weighted by molar-refractivity contribution is -0.607. The molecule has 184 valence electrons. The number of ether oxygens (including phenoxy) is 2. The fourth-order valence-electron chi connectivity index (χ4n) is 3.27. The SMILES string of the molecule is COc1ccc(S(=O)(=O)N(CC(=O)OC(C)(C)C)c2ccccc2/C=C\c2cccc[n+]2[O-])cc1. The zero-order chi connectivity index (χ0) is 25.6. The topological polar surface area (TPSA) is 99.9 Å². The molecule has 0 aliphatic heterocycles. The molecule has 9 heteroatoms. The number of sulfonamides is 1. The summed E-state index contributed by atoms with van der Waals surface area (Å²) in [4.78, 5) is 12.7. The molecule has 0 spiro atoms. The van der Waals surface area contributed by atoms with E-state index < -0.39 is 28.1 Å². The van der Waals surface area contributed by atoms with Gasteiger partial charge in [-0.3, -0.25) is 9.10 Å². The molecule has 0 aliphatic carbocycles. The molecule has 0 radical (unpaired) electrons. The second-order valence-electron chi connectivity index (χ2n) is 8.62. The molecule has 0 saturated carbocycles. The number of esters is 1. The molecule has 0 fully saturated rings. The van der Waals surface area contributed by atoms with E-state index in [4.69, 9.17) is 9.47 Å². The van der Waals surface area contributed by atoms with E-state index in [-0.39, 0.29) is 10.6 Å². The summed E-state index contributed by atoms with van der Waals surface area (Å²) in [6.45, 7) is 4.59. The van der Waals surface area contributed by atoms with E-state index in [1.165, 1.54) is 37.6 Å². The number of hydrogen-bond acceptors (Lipinski definition) is 6. The van der Waals surface area contributed by atoms with Crippen LogP contribution >= 0.6 is 0 Å². The Bertz CT molecular complexity index is 1310. The summed E-state index contributed by atoms with van der Waals surface area (Å²) in [5, 5.41) is 12.0. The van der Waals surface area contributed by atoms with Crippen LogP contribution in [0.2, 0.25) is 0 Å². The number of carbonyl (C=O) groups excluding carboxylic acids is 1. The third-order valence-corrected chi connectivity index (χ3v) is 6.61. The fourth-order valence-corrected chi connectivity index (χ4v) is 4.70. The summed E-state index contributed by atoms with van der Waals surface area (Å²) in [5.74, 6) is -0.200. The molecule has 2 aromatic carbocycles. The highest BCUT2D eigenvalue weighted by Gasteiger charge is 2.30. The van der Waals surface area contributed by atoms with Gasteiger partial charge in [-0.1, -0.05) is 18.2 Å². The van der Waals surface area contributed by atoms with Crippen molar-refractivity contribution in [3.05, 3.63) is 89.4 Å². The van der Waals surface area contributed by atoms with Gasteiger partial charge >= 0.3 is 5.97 Å². The van der Waals surface area contributed by atoms with Gasteiger partial charge in [-0.2, -0.15) is 4.73 Å². The molecule has 8 nitrogen and oxygen atoms in total. The Morgan fingerprint density at radius 3 is 2.29 bits per heavy atom. The van der Waals surface area contributed by atoms with Crippen molar-refractivity contribution in [2.24, 2.45) is 0 Å². The average molecular weight is 497 g/mol. The van der Waals surface area contributed by atoms with Crippen molar-refractivity contribution < 1.29 is 27.4 Å². The first-order valence-electron chi connectivity index (χ1n) is 10.9. The minimum Gasteiger partial charge on any atom is -0.618 e. The molecule has 35 heavy (non-hydrogen) atoms. The van der Waals surface area contributed by atoms with Gasteiger partial charge in [0.05, 0.1) is 17.7 Å². The number of pyridine rings is 1. The van der Waals surface area contributed by atoms with Crippen LogP contribution in [0.5, 0.6) is 5.75 Å². The van der Waals surface area contributed by atoms with Crippen LogP contribution in [0.25, 0.3) is 12.2 Å². The normalized spacial score (nSPS) is 11.9. The maximum atomic E-state index is 13.7. The third-order valence-electron chi connectivity index (χ3n) is 4.83. The molecule has 0 saturated heterocycles. The first-order chi connectivity index (χ1) is 16.5. The Kier molecular flexibility index (Phi) is 7.81. The predicted octanol–water partition coefficient (Wildman–Crippen LogP) is 4.04. The zero-order valence-corrected chi connectivity index (χ0v) is 20.9. The van der Waals surface area contributed by atoms with Gasteiger partial charge in [0, 0.05) is 18.2 Å². The lowest BCUT2D eigenvalue weighted by Gasteiger charge is -2.27. The lowest BCUT2D eigenvalue weighted by Crippen LogP contribution is -2.39. The van der Waals surface area contributed by atoms with Gasteiger partial charge in [0.2, 0.25) is 5.69 Å². The Balaban J connectivity index is 2.08. The van der Waals surface area contributed by atoms with E-state index in [2.05, 4.69) is 0 Å². The molecule has 0 bridgehead atoms. The summed E-state index contributed by atoms with van der Waals surface area (Å²) < 4.78 is 39.7.